The zero-order valence-electron chi connectivity index (χ0n) is 31.9. The molecule has 0 atom stereocenters. The summed E-state index contributed by atoms with van der Waals surface area (Å²) in [6.45, 7) is 9.42. The van der Waals surface area contributed by atoms with Gasteiger partial charge in [0.1, 0.15) is 6.15 Å². The van der Waals surface area contributed by atoms with E-state index >= 15 is 0 Å². The molecule has 267 valence electrons. The predicted octanol–water partition coefficient (Wildman–Crippen LogP) is 9.50. The van der Waals surface area contributed by atoms with Gasteiger partial charge in [-0.05, 0) is 72.8 Å². The molecule has 6 aromatic rings. The van der Waals surface area contributed by atoms with Crippen LogP contribution in [-0.2, 0) is 21.1 Å². The van der Waals surface area contributed by atoms with E-state index in [-0.39, 0.29) is 29.0 Å². The Morgan fingerprint density at radius 2 is 0.778 bits per heavy atom. The van der Waals surface area contributed by atoms with Crippen LogP contribution in [0.2, 0.25) is 0 Å². The zero-order valence-corrected chi connectivity index (χ0v) is 34.8. The first-order chi connectivity index (χ1) is 26.0. The van der Waals surface area contributed by atoms with Gasteiger partial charge in [-0.1, -0.05) is 205 Å². The summed E-state index contributed by atoms with van der Waals surface area (Å²) in [5.41, 5.74) is 9.12. The molecule has 0 aromatic heterocycles. The molecule has 7 radical (unpaired) electrons. The third-order valence-corrected chi connectivity index (χ3v) is 12.8. The van der Waals surface area contributed by atoms with E-state index in [4.69, 9.17) is 6.42 Å². The number of terminal acetylenes is 1. The van der Waals surface area contributed by atoms with Crippen molar-refractivity contribution in [1.29, 1.82) is 0 Å². The van der Waals surface area contributed by atoms with Crippen LogP contribution < -0.4 is 27.2 Å². The van der Waals surface area contributed by atoms with E-state index in [0.717, 1.165) is 5.56 Å². The summed E-state index contributed by atoms with van der Waals surface area (Å²) in [6.07, 6.45) is 16.7. The van der Waals surface area contributed by atoms with E-state index in [0.29, 0.717) is 11.3 Å². The van der Waals surface area contributed by atoms with Crippen molar-refractivity contribution in [2.45, 2.75) is 39.0 Å². The minimum absolute atomic E-state index is 0. The fourth-order valence-corrected chi connectivity index (χ4v) is 10.5. The van der Waals surface area contributed by atoms with Gasteiger partial charge in [0, 0.05) is 11.5 Å². The van der Waals surface area contributed by atoms with Crippen molar-refractivity contribution in [3.63, 3.8) is 0 Å². The fraction of sp³-hybridized carbons (Fsp3) is 0.118. The molecule has 54 heavy (non-hydrogen) atoms. The SMILES string of the molecule is C#Cc1ccccc1.CC(C)P(c1ccccc1[C]1[CH][CH][CH][CH][CH][CH]1)C(C)C.[Mo+2].c1ccc([B-](c2ccccc2)(c2ccccc2)c2ccccc2)cc1. The second-order valence-electron chi connectivity index (χ2n) is 13.7. The minimum Gasteiger partial charge on any atom is -0.195 e. The van der Waals surface area contributed by atoms with Gasteiger partial charge in [0.2, 0.25) is 0 Å². The van der Waals surface area contributed by atoms with E-state index in [1.165, 1.54) is 33.3 Å². The molecule has 0 spiro atoms. The predicted molar refractivity (Wildman–Crippen MR) is 236 cm³/mol. The van der Waals surface area contributed by atoms with Gasteiger partial charge in [-0.2, -0.15) is 21.9 Å². The molecule has 1 saturated carbocycles. The molecule has 0 bridgehead atoms. The molecule has 0 nitrogen and oxygen atoms in total. The second kappa shape index (κ2) is 22.4. The Hall–Kier alpha value is -3.94. The average molecular weight is 801 g/mol. The molecular formula is C51H50BMoP+. The first kappa shape index (κ1) is 42.8. The van der Waals surface area contributed by atoms with Gasteiger partial charge in [0.25, 0.3) is 0 Å². The average Bonchev–Trinajstić information content (AvgIpc) is 3.51. The maximum absolute atomic E-state index is 5.10. The summed E-state index contributed by atoms with van der Waals surface area (Å²) in [4.78, 5) is 0. The van der Waals surface area contributed by atoms with Crippen molar-refractivity contribution < 1.29 is 21.1 Å². The molecule has 0 aliphatic heterocycles. The van der Waals surface area contributed by atoms with Gasteiger partial charge in [0.05, 0.1) is 0 Å². The Labute approximate surface area is 343 Å². The number of hydrogen-bond donors (Lipinski definition) is 0. The summed E-state index contributed by atoms with van der Waals surface area (Å²) in [7, 11) is -0.137. The van der Waals surface area contributed by atoms with Crippen LogP contribution in [0.25, 0.3) is 0 Å². The molecule has 7 rings (SSSR count). The summed E-state index contributed by atoms with van der Waals surface area (Å²) >= 11 is 0. The quantitative estimate of drug-likeness (QED) is 0.0623. The van der Waals surface area contributed by atoms with Crippen LogP contribution in [0.3, 0.4) is 0 Å². The number of benzene rings is 6. The zero-order chi connectivity index (χ0) is 37.3. The Balaban J connectivity index is 0.000000200. The van der Waals surface area contributed by atoms with Crippen LogP contribution in [-0.4, -0.2) is 17.5 Å². The molecule has 1 aliphatic rings. The van der Waals surface area contributed by atoms with Crippen LogP contribution in [0.5, 0.6) is 0 Å². The maximum Gasteiger partial charge on any atom is 2.00 e. The smallest absolute Gasteiger partial charge is 0.195 e. The van der Waals surface area contributed by atoms with E-state index in [9.17, 15) is 0 Å². The summed E-state index contributed by atoms with van der Waals surface area (Å²) in [5.74, 6) is 3.85. The molecular weight excluding hydrogens is 750 g/mol. The maximum atomic E-state index is 5.10. The van der Waals surface area contributed by atoms with Crippen molar-refractivity contribution >= 4 is 41.2 Å². The topological polar surface area (TPSA) is 0 Å². The van der Waals surface area contributed by atoms with Gasteiger partial charge < -0.3 is 0 Å². The molecule has 1 fully saturated rings. The molecule has 0 saturated heterocycles. The van der Waals surface area contributed by atoms with Crippen molar-refractivity contribution in [3.05, 3.63) is 231 Å². The molecule has 1 aliphatic carbocycles. The van der Waals surface area contributed by atoms with Crippen molar-refractivity contribution in [2.24, 2.45) is 0 Å². The van der Waals surface area contributed by atoms with Crippen LogP contribution in [0.15, 0.2) is 176 Å². The van der Waals surface area contributed by atoms with Gasteiger partial charge >= 0.3 is 21.1 Å². The molecule has 6 aromatic carbocycles. The normalized spacial score (nSPS) is 13.0. The second-order valence-corrected chi connectivity index (χ2v) is 17.1. The number of rotatable bonds is 8. The van der Waals surface area contributed by atoms with Gasteiger partial charge in [0.15, 0.2) is 0 Å². The Kier molecular flexibility index (Phi) is 17.8. The Morgan fingerprint density at radius 3 is 1.11 bits per heavy atom. The van der Waals surface area contributed by atoms with Crippen LogP contribution in [0, 0.1) is 56.8 Å². The summed E-state index contributed by atoms with van der Waals surface area (Å²) < 4.78 is 0. The van der Waals surface area contributed by atoms with Gasteiger partial charge in [-0.25, -0.2) is 0 Å². The monoisotopic (exact) mass is 802 g/mol. The largest absolute Gasteiger partial charge is 2.00 e. The van der Waals surface area contributed by atoms with Gasteiger partial charge in [-0.3, -0.25) is 0 Å². The van der Waals surface area contributed by atoms with E-state index < -0.39 is 6.15 Å². The van der Waals surface area contributed by atoms with Crippen LogP contribution in [0.4, 0.5) is 0 Å². The Morgan fingerprint density at radius 1 is 0.444 bits per heavy atom. The molecule has 0 N–H and O–H groups in total. The first-order valence-electron chi connectivity index (χ1n) is 18.6. The molecule has 3 heteroatoms. The van der Waals surface area contributed by atoms with E-state index in [2.05, 4.69) is 218 Å². The minimum atomic E-state index is -1.22. The van der Waals surface area contributed by atoms with E-state index in [1.807, 2.05) is 30.3 Å². The fourth-order valence-electron chi connectivity index (χ4n) is 7.43. The van der Waals surface area contributed by atoms with Crippen LogP contribution in [0.1, 0.15) is 38.8 Å². The molecule has 0 heterocycles. The summed E-state index contributed by atoms with van der Waals surface area (Å²) in [5, 5.41) is 1.54. The van der Waals surface area contributed by atoms with Crippen molar-refractivity contribution in [2.75, 3.05) is 0 Å². The third-order valence-electron chi connectivity index (χ3n) is 9.63. The standard InChI is InChI=1S/C24H20B.C19H24P.C8H6.Mo/c1-5-13-21(14-6-1)25(22-15-7-2-8-16-22,23-17-9-3-10-18-23)24-19-11-4-12-20-24;1-15(2)20(16(3)4)19-14-10-9-13-18(19)17-11-7-5-6-8-12-17;1-2-8-6-4-3-5-7-8;/h1-20H;5-16H,1-4H3;1,3-7H;/q-1;;;+2. The Bertz CT molecular complexity index is 1760. The molecule has 0 unspecified atom stereocenters. The van der Waals surface area contributed by atoms with Gasteiger partial charge in [-0.15, -0.1) is 6.42 Å². The third kappa shape index (κ3) is 11.1. The first-order valence-corrected chi connectivity index (χ1v) is 20.1. The molecule has 0 amide bonds. The van der Waals surface area contributed by atoms with Crippen molar-refractivity contribution in [3.8, 4) is 12.3 Å². The van der Waals surface area contributed by atoms with E-state index in [1.54, 1.807) is 5.30 Å². The summed E-state index contributed by atoms with van der Waals surface area (Å²) in [6, 6.07) is 62.1. The van der Waals surface area contributed by atoms with Crippen molar-refractivity contribution in [1.82, 2.24) is 0 Å². The van der Waals surface area contributed by atoms with Crippen LogP contribution >= 0.6 is 7.92 Å². The number of hydrogen-bond acceptors (Lipinski definition) is 0.